The topological polar surface area (TPSA) is 67.2 Å². The average molecular weight is 259 g/mol. The van der Waals surface area contributed by atoms with E-state index in [1.54, 1.807) is 0 Å². The Balaban J connectivity index is 1.63. The number of benzene rings is 1. The fourth-order valence-electron chi connectivity index (χ4n) is 2.62. The number of hydrogen-bond donors (Lipinski definition) is 3. The van der Waals surface area contributed by atoms with E-state index in [4.69, 9.17) is 5.73 Å². The molecular formula is C15H21N3O. The van der Waals surface area contributed by atoms with Crippen molar-refractivity contribution in [2.45, 2.75) is 38.5 Å². The van der Waals surface area contributed by atoms with Gasteiger partial charge in [0.05, 0.1) is 11.4 Å². The number of nitrogens with two attached hydrogens (primary N) is 1. The summed E-state index contributed by atoms with van der Waals surface area (Å²) in [5.74, 6) is 1.07. The summed E-state index contributed by atoms with van der Waals surface area (Å²) < 4.78 is 0. The highest BCUT2D eigenvalue weighted by Crippen LogP contribution is 2.34. The summed E-state index contributed by atoms with van der Waals surface area (Å²) in [7, 11) is 0. The molecule has 1 aliphatic carbocycles. The first-order chi connectivity index (χ1) is 9.22. The molecule has 0 aromatic heterocycles. The van der Waals surface area contributed by atoms with Gasteiger partial charge in [0, 0.05) is 18.7 Å². The first-order valence-electron chi connectivity index (χ1n) is 7.18. The summed E-state index contributed by atoms with van der Waals surface area (Å²) in [4.78, 5) is 11.4. The maximum absolute atomic E-state index is 11.4. The second-order valence-corrected chi connectivity index (χ2v) is 5.66. The Bertz CT molecular complexity index is 494. The normalized spacial score (nSPS) is 17.8. The van der Waals surface area contributed by atoms with Crippen LogP contribution in [0.1, 0.15) is 37.7 Å². The van der Waals surface area contributed by atoms with Crippen molar-refractivity contribution in [1.29, 1.82) is 0 Å². The summed E-state index contributed by atoms with van der Waals surface area (Å²) in [6.45, 7) is 0.952. The summed E-state index contributed by atoms with van der Waals surface area (Å²) >= 11 is 0. The van der Waals surface area contributed by atoms with E-state index in [-0.39, 0.29) is 5.91 Å². The highest BCUT2D eigenvalue weighted by molar-refractivity contribution is 5.95. The lowest BCUT2D eigenvalue weighted by Crippen LogP contribution is -2.19. The molecule has 3 rings (SSSR count). The highest BCUT2D eigenvalue weighted by Gasteiger charge is 2.20. The standard InChI is InChI=1S/C15H21N3O/c16-12-8-11-5-6-15(19)18-13(11)9-14(12)17-7-1-2-10-3-4-10/h8-10,17H,1-7,16H2,(H,18,19). The molecule has 1 heterocycles. The first kappa shape index (κ1) is 12.3. The zero-order chi connectivity index (χ0) is 13.2. The van der Waals surface area contributed by atoms with Crippen LogP contribution in [0.2, 0.25) is 0 Å². The minimum Gasteiger partial charge on any atom is -0.397 e. The van der Waals surface area contributed by atoms with E-state index in [2.05, 4.69) is 10.6 Å². The third-order valence-electron chi connectivity index (χ3n) is 3.97. The van der Waals surface area contributed by atoms with Gasteiger partial charge in [-0.3, -0.25) is 4.79 Å². The van der Waals surface area contributed by atoms with Gasteiger partial charge < -0.3 is 16.4 Å². The fourth-order valence-corrected chi connectivity index (χ4v) is 2.62. The number of aryl methyl sites for hydroxylation is 1. The number of anilines is 3. The molecular weight excluding hydrogens is 238 g/mol. The molecule has 1 amide bonds. The van der Waals surface area contributed by atoms with Crippen LogP contribution in [0.4, 0.5) is 17.1 Å². The van der Waals surface area contributed by atoms with Crippen molar-refractivity contribution in [3.05, 3.63) is 17.7 Å². The van der Waals surface area contributed by atoms with Crippen molar-refractivity contribution in [3.63, 3.8) is 0 Å². The minimum absolute atomic E-state index is 0.0944. The van der Waals surface area contributed by atoms with Crippen molar-refractivity contribution in [3.8, 4) is 0 Å². The maximum Gasteiger partial charge on any atom is 0.224 e. The third kappa shape index (κ3) is 3.00. The van der Waals surface area contributed by atoms with Crippen molar-refractivity contribution in [2.24, 2.45) is 5.92 Å². The molecule has 2 aliphatic rings. The van der Waals surface area contributed by atoms with Crippen LogP contribution in [0.15, 0.2) is 12.1 Å². The molecule has 4 N–H and O–H groups in total. The Hall–Kier alpha value is -1.71. The molecule has 4 heteroatoms. The molecule has 0 radical (unpaired) electrons. The smallest absolute Gasteiger partial charge is 0.224 e. The zero-order valence-corrected chi connectivity index (χ0v) is 11.2. The Labute approximate surface area is 113 Å². The molecule has 0 saturated heterocycles. The Morgan fingerprint density at radius 1 is 1.32 bits per heavy atom. The van der Waals surface area contributed by atoms with Crippen LogP contribution in [0.3, 0.4) is 0 Å². The molecule has 1 saturated carbocycles. The number of rotatable bonds is 5. The maximum atomic E-state index is 11.4. The van der Waals surface area contributed by atoms with Crippen LogP contribution in [0.5, 0.6) is 0 Å². The van der Waals surface area contributed by atoms with Gasteiger partial charge in [0.2, 0.25) is 5.91 Å². The van der Waals surface area contributed by atoms with Crippen LogP contribution < -0.4 is 16.4 Å². The van der Waals surface area contributed by atoms with E-state index in [0.717, 1.165) is 41.5 Å². The molecule has 1 aromatic rings. The van der Waals surface area contributed by atoms with E-state index in [1.807, 2.05) is 12.1 Å². The quantitative estimate of drug-likeness (QED) is 0.562. The van der Waals surface area contributed by atoms with Gasteiger partial charge in [0.1, 0.15) is 0 Å². The number of nitrogen functional groups attached to an aromatic ring is 1. The fraction of sp³-hybridized carbons (Fsp3) is 0.533. The Kier molecular flexibility index (Phi) is 3.32. The van der Waals surface area contributed by atoms with Crippen LogP contribution >= 0.6 is 0 Å². The number of fused-ring (bicyclic) bond motifs is 1. The van der Waals surface area contributed by atoms with Crippen molar-refractivity contribution >= 4 is 23.0 Å². The number of amides is 1. The monoisotopic (exact) mass is 259 g/mol. The molecule has 4 nitrogen and oxygen atoms in total. The number of carbonyl (C=O) groups excluding carboxylic acids is 1. The second kappa shape index (κ2) is 5.11. The number of hydrogen-bond acceptors (Lipinski definition) is 3. The molecule has 102 valence electrons. The lowest BCUT2D eigenvalue weighted by molar-refractivity contribution is -0.116. The molecule has 1 aliphatic heterocycles. The number of carbonyl (C=O) groups is 1. The predicted octanol–water partition coefficient (Wildman–Crippen LogP) is 2.76. The van der Waals surface area contributed by atoms with Crippen molar-refractivity contribution in [1.82, 2.24) is 0 Å². The van der Waals surface area contributed by atoms with Gasteiger partial charge in [-0.1, -0.05) is 12.8 Å². The van der Waals surface area contributed by atoms with Crippen LogP contribution in [-0.2, 0) is 11.2 Å². The van der Waals surface area contributed by atoms with Crippen LogP contribution in [-0.4, -0.2) is 12.5 Å². The Morgan fingerprint density at radius 2 is 2.16 bits per heavy atom. The van der Waals surface area contributed by atoms with Crippen molar-refractivity contribution < 1.29 is 4.79 Å². The van der Waals surface area contributed by atoms with E-state index < -0.39 is 0 Å². The van der Waals surface area contributed by atoms with Gasteiger partial charge in [-0.15, -0.1) is 0 Å². The SMILES string of the molecule is Nc1cc2c(cc1NCCCC1CC1)NC(=O)CC2. The largest absolute Gasteiger partial charge is 0.397 e. The molecule has 0 unspecified atom stereocenters. The number of nitrogens with one attached hydrogen (secondary N) is 2. The van der Waals surface area contributed by atoms with Gasteiger partial charge in [0.25, 0.3) is 0 Å². The van der Waals surface area contributed by atoms with E-state index in [1.165, 1.54) is 25.7 Å². The molecule has 1 aromatic carbocycles. The summed E-state index contributed by atoms with van der Waals surface area (Å²) in [5.41, 5.74) is 9.83. The highest BCUT2D eigenvalue weighted by atomic mass is 16.1. The second-order valence-electron chi connectivity index (χ2n) is 5.66. The van der Waals surface area contributed by atoms with Crippen LogP contribution in [0.25, 0.3) is 0 Å². The molecule has 19 heavy (non-hydrogen) atoms. The minimum atomic E-state index is 0.0944. The lowest BCUT2D eigenvalue weighted by atomic mass is 10.0. The summed E-state index contributed by atoms with van der Waals surface area (Å²) in [5, 5.41) is 6.30. The molecule has 1 fully saturated rings. The zero-order valence-electron chi connectivity index (χ0n) is 11.2. The van der Waals surface area contributed by atoms with Crippen LogP contribution in [0, 0.1) is 5.92 Å². The van der Waals surface area contributed by atoms with Crippen molar-refractivity contribution in [2.75, 3.05) is 22.9 Å². The summed E-state index contributed by atoms with van der Waals surface area (Å²) in [6, 6.07) is 3.96. The lowest BCUT2D eigenvalue weighted by Gasteiger charge is -2.19. The average Bonchev–Trinajstić information content (AvgIpc) is 3.19. The third-order valence-corrected chi connectivity index (χ3v) is 3.97. The summed E-state index contributed by atoms with van der Waals surface area (Å²) in [6.07, 6.45) is 6.66. The van der Waals surface area contributed by atoms with E-state index >= 15 is 0 Å². The van der Waals surface area contributed by atoms with Gasteiger partial charge in [0.15, 0.2) is 0 Å². The van der Waals surface area contributed by atoms with E-state index in [0.29, 0.717) is 6.42 Å². The van der Waals surface area contributed by atoms with E-state index in [9.17, 15) is 4.79 Å². The van der Waals surface area contributed by atoms with Gasteiger partial charge in [-0.05, 0) is 42.9 Å². The first-order valence-corrected chi connectivity index (χ1v) is 7.18. The molecule has 0 spiro atoms. The molecule has 0 bridgehead atoms. The molecule has 0 atom stereocenters. The Morgan fingerprint density at radius 3 is 2.95 bits per heavy atom. The van der Waals surface area contributed by atoms with Gasteiger partial charge in [-0.25, -0.2) is 0 Å². The predicted molar refractivity (Wildman–Crippen MR) is 78.3 cm³/mol. The van der Waals surface area contributed by atoms with Gasteiger partial charge >= 0.3 is 0 Å². The van der Waals surface area contributed by atoms with Gasteiger partial charge in [-0.2, -0.15) is 0 Å².